The van der Waals surface area contributed by atoms with Gasteiger partial charge in [0.25, 0.3) is 0 Å². The number of aromatic nitrogens is 3. The summed E-state index contributed by atoms with van der Waals surface area (Å²) < 4.78 is 7.79. The largest absolute Gasteiger partial charge is 0.494 e. The average molecular weight is 458 g/mol. The van der Waals surface area contributed by atoms with E-state index in [9.17, 15) is 0 Å². The fraction of sp³-hybridized carbons (Fsp3) is 0.286. The Labute approximate surface area is 201 Å². The summed E-state index contributed by atoms with van der Waals surface area (Å²) in [6.45, 7) is 11.5. The number of nitrogens with zero attached hydrogens (tertiary/aromatic N) is 3. The van der Waals surface area contributed by atoms with Gasteiger partial charge in [0.2, 0.25) is 0 Å². The fourth-order valence-electron chi connectivity index (χ4n) is 3.69. The summed E-state index contributed by atoms with van der Waals surface area (Å²) in [5.74, 6) is 1.69. The average Bonchev–Trinajstić information content (AvgIpc) is 3.23. The molecule has 5 heteroatoms. The topological polar surface area (TPSA) is 39.9 Å². The second-order valence-electron chi connectivity index (χ2n) is 9.07. The minimum atomic E-state index is 0.105. The van der Waals surface area contributed by atoms with Crippen LogP contribution >= 0.6 is 11.8 Å². The Balaban J connectivity index is 1.75. The van der Waals surface area contributed by atoms with E-state index in [1.54, 1.807) is 11.8 Å². The van der Waals surface area contributed by atoms with E-state index in [4.69, 9.17) is 4.74 Å². The van der Waals surface area contributed by atoms with Gasteiger partial charge in [0, 0.05) is 16.5 Å². The Morgan fingerprint density at radius 1 is 0.879 bits per heavy atom. The molecular weight excluding hydrogens is 426 g/mol. The van der Waals surface area contributed by atoms with Crippen LogP contribution in [0.4, 0.5) is 0 Å². The highest BCUT2D eigenvalue weighted by atomic mass is 32.2. The van der Waals surface area contributed by atoms with Crippen LogP contribution in [0.2, 0.25) is 0 Å². The molecule has 0 aliphatic heterocycles. The first-order valence-corrected chi connectivity index (χ1v) is 12.3. The summed E-state index contributed by atoms with van der Waals surface area (Å²) >= 11 is 1.71. The molecule has 170 valence electrons. The zero-order chi connectivity index (χ0) is 23.4. The predicted octanol–water partition coefficient (Wildman–Crippen LogP) is 7.48. The van der Waals surface area contributed by atoms with Crippen molar-refractivity contribution in [3.8, 4) is 22.8 Å². The Hall–Kier alpha value is -3.05. The van der Waals surface area contributed by atoms with E-state index in [0.29, 0.717) is 6.61 Å². The monoisotopic (exact) mass is 457 g/mol. The van der Waals surface area contributed by atoms with E-state index < -0.39 is 0 Å². The van der Waals surface area contributed by atoms with Crippen LogP contribution in [-0.4, -0.2) is 21.4 Å². The van der Waals surface area contributed by atoms with Crippen LogP contribution in [0.5, 0.6) is 5.75 Å². The molecule has 0 fully saturated rings. The Bertz CT molecular complexity index is 1180. The molecule has 0 radical (unpaired) electrons. The highest BCUT2D eigenvalue weighted by molar-refractivity contribution is 7.99. The van der Waals surface area contributed by atoms with Crippen LogP contribution in [0.3, 0.4) is 0 Å². The summed E-state index contributed by atoms with van der Waals surface area (Å²) in [6.07, 6.45) is 0. The van der Waals surface area contributed by atoms with Gasteiger partial charge in [-0.2, -0.15) is 0 Å². The Morgan fingerprint density at radius 2 is 1.55 bits per heavy atom. The normalized spacial score (nSPS) is 12.5. The smallest absolute Gasteiger partial charge is 0.196 e. The second kappa shape index (κ2) is 9.84. The molecule has 1 heterocycles. The van der Waals surface area contributed by atoms with Gasteiger partial charge in [0.1, 0.15) is 5.75 Å². The lowest BCUT2D eigenvalue weighted by Crippen LogP contribution is -2.10. The van der Waals surface area contributed by atoms with Gasteiger partial charge in [-0.1, -0.05) is 87.1 Å². The first kappa shape index (κ1) is 23.1. The van der Waals surface area contributed by atoms with E-state index in [2.05, 4.69) is 103 Å². The third-order valence-electron chi connectivity index (χ3n) is 5.60. The van der Waals surface area contributed by atoms with Crippen LogP contribution in [0.15, 0.2) is 84.0 Å². The molecular formula is C28H31N3OS. The quantitative estimate of drug-likeness (QED) is 0.270. The number of ether oxygens (including phenoxy) is 1. The number of hydrogen-bond donors (Lipinski definition) is 0. The summed E-state index contributed by atoms with van der Waals surface area (Å²) in [6, 6.07) is 27.3. The van der Waals surface area contributed by atoms with Gasteiger partial charge in [0.05, 0.1) is 6.61 Å². The summed E-state index contributed by atoms with van der Waals surface area (Å²) in [4.78, 5) is 0. The van der Waals surface area contributed by atoms with Crippen molar-refractivity contribution in [3.63, 3.8) is 0 Å². The molecule has 4 rings (SSSR count). The maximum atomic E-state index is 5.65. The first-order valence-electron chi connectivity index (χ1n) is 11.4. The van der Waals surface area contributed by atoms with Crippen molar-refractivity contribution in [1.82, 2.24) is 14.8 Å². The van der Waals surface area contributed by atoms with Crippen molar-refractivity contribution >= 4 is 11.8 Å². The number of benzene rings is 3. The highest BCUT2D eigenvalue weighted by Crippen LogP contribution is 2.37. The van der Waals surface area contributed by atoms with Gasteiger partial charge in [-0.15, -0.1) is 10.2 Å². The predicted molar refractivity (Wildman–Crippen MR) is 137 cm³/mol. The van der Waals surface area contributed by atoms with Gasteiger partial charge < -0.3 is 4.74 Å². The molecule has 3 aromatic carbocycles. The molecule has 0 saturated carbocycles. The minimum Gasteiger partial charge on any atom is -0.494 e. The lowest BCUT2D eigenvalue weighted by molar-refractivity contribution is 0.340. The molecule has 4 aromatic rings. The molecule has 1 unspecified atom stereocenters. The summed E-state index contributed by atoms with van der Waals surface area (Å²) in [5.41, 5.74) is 4.73. The van der Waals surface area contributed by atoms with Crippen molar-refractivity contribution < 1.29 is 4.74 Å². The zero-order valence-corrected chi connectivity index (χ0v) is 20.8. The third kappa shape index (κ3) is 5.31. The van der Waals surface area contributed by atoms with Crippen LogP contribution < -0.4 is 4.74 Å². The van der Waals surface area contributed by atoms with Gasteiger partial charge in [-0.3, -0.25) is 4.57 Å². The van der Waals surface area contributed by atoms with Gasteiger partial charge in [0.15, 0.2) is 11.0 Å². The molecule has 33 heavy (non-hydrogen) atoms. The van der Waals surface area contributed by atoms with Crippen LogP contribution in [-0.2, 0) is 5.41 Å². The van der Waals surface area contributed by atoms with Gasteiger partial charge >= 0.3 is 0 Å². The van der Waals surface area contributed by atoms with E-state index in [1.807, 2.05) is 25.1 Å². The molecule has 1 aromatic heterocycles. The van der Waals surface area contributed by atoms with E-state index >= 15 is 0 Å². The second-order valence-corrected chi connectivity index (χ2v) is 10.4. The summed E-state index contributed by atoms with van der Waals surface area (Å²) in [7, 11) is 0. The van der Waals surface area contributed by atoms with Crippen molar-refractivity contribution in [3.05, 3.63) is 90.0 Å². The van der Waals surface area contributed by atoms with Crippen molar-refractivity contribution in [2.45, 2.75) is 50.4 Å². The van der Waals surface area contributed by atoms with Crippen molar-refractivity contribution in [2.24, 2.45) is 0 Å². The lowest BCUT2D eigenvalue weighted by atomic mass is 9.87. The van der Waals surface area contributed by atoms with Gasteiger partial charge in [-0.05, 0) is 54.7 Å². The van der Waals surface area contributed by atoms with E-state index in [-0.39, 0.29) is 10.7 Å². The van der Waals surface area contributed by atoms with E-state index in [1.165, 1.54) is 11.1 Å². The number of thioether (sulfide) groups is 1. The van der Waals surface area contributed by atoms with Crippen molar-refractivity contribution in [1.29, 1.82) is 0 Å². The van der Waals surface area contributed by atoms with E-state index in [0.717, 1.165) is 28.0 Å². The molecule has 1 atom stereocenters. The van der Waals surface area contributed by atoms with Crippen LogP contribution in [0, 0.1) is 0 Å². The maximum Gasteiger partial charge on any atom is 0.196 e. The highest BCUT2D eigenvalue weighted by Gasteiger charge is 2.20. The minimum absolute atomic E-state index is 0.105. The van der Waals surface area contributed by atoms with Crippen LogP contribution in [0.25, 0.3) is 17.1 Å². The standard InChI is InChI=1S/C28H31N3OS/c1-6-32-25-18-16-24(17-19-25)31-26(22-12-14-23(15-13-22)28(3,4)5)29-30-27(31)33-20(2)21-10-8-7-9-11-21/h7-20H,6H2,1-5H3. The molecule has 0 bridgehead atoms. The zero-order valence-electron chi connectivity index (χ0n) is 19.9. The molecule has 0 amide bonds. The van der Waals surface area contributed by atoms with Crippen LogP contribution in [0.1, 0.15) is 51.0 Å². The molecule has 0 spiro atoms. The summed E-state index contributed by atoms with van der Waals surface area (Å²) in [5, 5.41) is 10.3. The maximum absolute atomic E-state index is 5.65. The van der Waals surface area contributed by atoms with Gasteiger partial charge in [-0.25, -0.2) is 0 Å². The molecule has 0 N–H and O–H groups in total. The molecule has 0 saturated heterocycles. The Morgan fingerprint density at radius 3 is 2.15 bits per heavy atom. The van der Waals surface area contributed by atoms with Crippen molar-refractivity contribution in [2.75, 3.05) is 6.61 Å². The Kier molecular flexibility index (Phi) is 6.89. The number of hydrogen-bond acceptors (Lipinski definition) is 4. The molecule has 4 nitrogen and oxygen atoms in total. The SMILES string of the molecule is CCOc1ccc(-n2c(SC(C)c3ccccc3)nnc2-c2ccc(C(C)(C)C)cc2)cc1. The third-order valence-corrected chi connectivity index (χ3v) is 6.70. The molecule has 0 aliphatic rings. The molecule has 0 aliphatic carbocycles. The number of rotatable bonds is 7. The first-order chi connectivity index (χ1) is 15.9. The lowest BCUT2D eigenvalue weighted by Gasteiger charge is -2.19. The fourth-order valence-corrected chi connectivity index (χ4v) is 4.69.